The van der Waals surface area contributed by atoms with Crippen LogP contribution in [0.5, 0.6) is 5.75 Å². The van der Waals surface area contributed by atoms with Gasteiger partial charge in [-0.3, -0.25) is 14.5 Å². The van der Waals surface area contributed by atoms with Crippen LogP contribution in [0.3, 0.4) is 0 Å². The number of rotatable bonds is 10. The second-order valence-electron chi connectivity index (χ2n) is 9.86. The Balaban J connectivity index is 1.35. The van der Waals surface area contributed by atoms with Crippen LogP contribution >= 0.6 is 23.1 Å². The maximum absolute atomic E-state index is 13.9. The number of carbonyl (C=O) groups excluding carboxylic acids is 2. The molecule has 1 unspecified atom stereocenters. The maximum atomic E-state index is 13.9. The lowest BCUT2D eigenvalue weighted by molar-refractivity contribution is -0.117. The highest BCUT2D eigenvalue weighted by molar-refractivity contribution is 8.00. The van der Waals surface area contributed by atoms with Crippen molar-refractivity contribution in [3.05, 3.63) is 113 Å². The molecule has 8 nitrogen and oxygen atoms in total. The minimum Gasteiger partial charge on any atom is -0.503 e. The molecule has 1 atom stereocenters. The molecule has 0 bridgehead atoms. The Morgan fingerprint density at radius 3 is 2.57 bits per heavy atom. The van der Waals surface area contributed by atoms with Gasteiger partial charge in [0, 0.05) is 11.1 Å². The standard InChI is InChI=1S/C32H27N3O5S2/c1-3-16-39-23-14-12-21(13-15-23)27-26(28(36)25-17-22-6-4-5-7-24(22)40-25)29(37)30(38)35(27)31-33-34-32(42-31)41-18-20-10-8-19(2)9-11-20/h4-15,17,27,37H,3,16,18H2,1-2H3. The van der Waals surface area contributed by atoms with Crippen LogP contribution in [0.2, 0.25) is 0 Å². The summed E-state index contributed by atoms with van der Waals surface area (Å²) in [6, 6.07) is 23.3. The first kappa shape index (κ1) is 27.7. The molecule has 6 rings (SSSR count). The predicted molar refractivity (Wildman–Crippen MR) is 163 cm³/mol. The normalized spacial score (nSPS) is 15.1. The summed E-state index contributed by atoms with van der Waals surface area (Å²) in [5.41, 5.74) is 3.40. The highest BCUT2D eigenvalue weighted by Gasteiger charge is 2.46. The van der Waals surface area contributed by atoms with Crippen LogP contribution in [0.25, 0.3) is 11.0 Å². The van der Waals surface area contributed by atoms with E-state index in [1.165, 1.54) is 33.6 Å². The molecule has 0 saturated carbocycles. The number of furan rings is 1. The van der Waals surface area contributed by atoms with E-state index in [2.05, 4.69) is 34.5 Å². The molecule has 1 aliphatic heterocycles. The molecule has 0 aliphatic carbocycles. The zero-order valence-corrected chi connectivity index (χ0v) is 24.6. The van der Waals surface area contributed by atoms with Gasteiger partial charge in [-0.15, -0.1) is 10.2 Å². The van der Waals surface area contributed by atoms with Crippen LogP contribution in [0.1, 0.15) is 46.6 Å². The number of aliphatic hydroxyl groups excluding tert-OH is 1. The van der Waals surface area contributed by atoms with E-state index in [0.717, 1.165) is 17.4 Å². The van der Waals surface area contributed by atoms with Gasteiger partial charge in [0.2, 0.25) is 10.9 Å². The van der Waals surface area contributed by atoms with E-state index in [1.807, 2.05) is 32.0 Å². The Morgan fingerprint density at radius 2 is 1.83 bits per heavy atom. The van der Waals surface area contributed by atoms with Gasteiger partial charge in [-0.2, -0.15) is 0 Å². The fourth-order valence-corrected chi connectivity index (χ4v) is 6.55. The Hall–Kier alpha value is -4.41. The number of hydrogen-bond acceptors (Lipinski definition) is 9. The minimum absolute atomic E-state index is 0.0342. The van der Waals surface area contributed by atoms with Crippen LogP contribution in [0, 0.1) is 6.92 Å². The van der Waals surface area contributed by atoms with Crippen molar-refractivity contribution >= 4 is 50.9 Å². The third kappa shape index (κ3) is 5.43. The Bertz CT molecular complexity index is 1760. The molecule has 0 saturated heterocycles. The molecule has 42 heavy (non-hydrogen) atoms. The van der Waals surface area contributed by atoms with Crippen LogP contribution < -0.4 is 9.64 Å². The largest absolute Gasteiger partial charge is 0.503 e. The number of carbonyl (C=O) groups is 2. The van der Waals surface area contributed by atoms with Gasteiger partial charge >= 0.3 is 0 Å². The summed E-state index contributed by atoms with van der Waals surface area (Å²) in [6.45, 7) is 4.63. The third-order valence-corrected chi connectivity index (χ3v) is 8.98. The zero-order valence-electron chi connectivity index (χ0n) is 22.9. The lowest BCUT2D eigenvalue weighted by Gasteiger charge is -2.24. The molecule has 3 heterocycles. The van der Waals surface area contributed by atoms with Gasteiger partial charge in [0.25, 0.3) is 5.91 Å². The van der Waals surface area contributed by atoms with E-state index >= 15 is 0 Å². The van der Waals surface area contributed by atoms with Crippen LogP contribution in [0.15, 0.2) is 99.0 Å². The molecule has 0 fully saturated rings. The Labute approximate surface area is 250 Å². The number of fused-ring (bicyclic) bond motifs is 1. The molecule has 2 aromatic heterocycles. The van der Waals surface area contributed by atoms with Crippen molar-refractivity contribution < 1.29 is 23.8 Å². The number of amides is 1. The van der Waals surface area contributed by atoms with Gasteiger partial charge < -0.3 is 14.3 Å². The fourth-order valence-electron chi connectivity index (χ4n) is 4.73. The fraction of sp³-hybridized carbons (Fsp3) is 0.188. The summed E-state index contributed by atoms with van der Waals surface area (Å²) in [6.07, 6.45) is 0.862. The molecule has 1 aliphatic rings. The van der Waals surface area contributed by atoms with E-state index < -0.39 is 23.5 Å². The second-order valence-corrected chi connectivity index (χ2v) is 12.0. The molecule has 10 heteroatoms. The Kier molecular flexibility index (Phi) is 7.82. The molecule has 1 N–H and O–H groups in total. The number of anilines is 1. The van der Waals surface area contributed by atoms with Crippen molar-refractivity contribution in [1.29, 1.82) is 0 Å². The molecule has 3 aromatic carbocycles. The highest BCUT2D eigenvalue weighted by atomic mass is 32.2. The van der Waals surface area contributed by atoms with E-state index in [1.54, 1.807) is 36.4 Å². The zero-order chi connectivity index (χ0) is 29.2. The van der Waals surface area contributed by atoms with Crippen molar-refractivity contribution in [1.82, 2.24) is 10.2 Å². The van der Waals surface area contributed by atoms with Crippen molar-refractivity contribution in [3.63, 3.8) is 0 Å². The van der Waals surface area contributed by atoms with Crippen LogP contribution in [-0.2, 0) is 10.5 Å². The number of ether oxygens (including phenoxy) is 1. The summed E-state index contributed by atoms with van der Waals surface area (Å²) in [7, 11) is 0. The van der Waals surface area contributed by atoms with Crippen LogP contribution in [-0.4, -0.2) is 33.6 Å². The number of aromatic nitrogens is 2. The number of Topliss-reactive ketones (excluding diaryl/α,β-unsaturated/α-hetero) is 1. The van der Waals surface area contributed by atoms with E-state index in [4.69, 9.17) is 9.15 Å². The van der Waals surface area contributed by atoms with Crippen molar-refractivity contribution in [2.45, 2.75) is 36.4 Å². The number of aliphatic hydroxyl groups is 1. The smallest absolute Gasteiger partial charge is 0.296 e. The summed E-state index contributed by atoms with van der Waals surface area (Å²) >= 11 is 2.74. The highest BCUT2D eigenvalue weighted by Crippen LogP contribution is 2.44. The number of benzene rings is 3. The van der Waals surface area contributed by atoms with E-state index in [-0.39, 0.29) is 16.5 Å². The second kappa shape index (κ2) is 11.8. The lowest BCUT2D eigenvalue weighted by Crippen LogP contribution is -2.31. The lowest BCUT2D eigenvalue weighted by atomic mass is 9.95. The number of hydrogen-bond donors (Lipinski definition) is 1. The quantitative estimate of drug-likeness (QED) is 0.100. The molecule has 1 amide bonds. The van der Waals surface area contributed by atoms with E-state index in [0.29, 0.717) is 33.6 Å². The van der Waals surface area contributed by atoms with Gasteiger partial charge in [0.1, 0.15) is 11.3 Å². The summed E-state index contributed by atoms with van der Waals surface area (Å²) in [5.74, 6) is -0.551. The molecule has 0 spiro atoms. The van der Waals surface area contributed by atoms with E-state index in [9.17, 15) is 14.7 Å². The maximum Gasteiger partial charge on any atom is 0.296 e. The monoisotopic (exact) mass is 597 g/mol. The van der Waals surface area contributed by atoms with Gasteiger partial charge in [0.05, 0.1) is 18.2 Å². The van der Waals surface area contributed by atoms with Crippen molar-refractivity contribution in [2.24, 2.45) is 0 Å². The first-order chi connectivity index (χ1) is 20.4. The number of ketones is 1. The average molecular weight is 598 g/mol. The van der Waals surface area contributed by atoms with Gasteiger partial charge in [0.15, 0.2) is 15.9 Å². The molecule has 0 radical (unpaired) electrons. The third-order valence-electron chi connectivity index (χ3n) is 6.86. The molecule has 5 aromatic rings. The SMILES string of the molecule is CCCOc1ccc(C2C(C(=O)c3cc4ccccc4o3)=C(O)C(=O)N2c2nnc(SCc3ccc(C)cc3)s2)cc1. The first-order valence-electron chi connectivity index (χ1n) is 13.5. The predicted octanol–water partition coefficient (Wildman–Crippen LogP) is 7.46. The molecular weight excluding hydrogens is 571 g/mol. The van der Waals surface area contributed by atoms with Crippen molar-refractivity contribution in [3.8, 4) is 5.75 Å². The average Bonchev–Trinajstić information content (AvgIpc) is 3.72. The summed E-state index contributed by atoms with van der Waals surface area (Å²) in [4.78, 5) is 28.8. The first-order valence-corrected chi connectivity index (χ1v) is 15.3. The van der Waals surface area contributed by atoms with Gasteiger partial charge in [-0.05, 0) is 48.7 Å². The van der Waals surface area contributed by atoms with Crippen molar-refractivity contribution in [2.75, 3.05) is 11.5 Å². The number of nitrogens with zero attached hydrogens (tertiary/aromatic N) is 3. The topological polar surface area (TPSA) is 106 Å². The molecular formula is C32H27N3O5S2. The number of thioether (sulfide) groups is 1. The molecule has 212 valence electrons. The van der Waals surface area contributed by atoms with Crippen LogP contribution in [0.4, 0.5) is 5.13 Å². The summed E-state index contributed by atoms with van der Waals surface area (Å²) in [5, 5.41) is 20.8. The van der Waals surface area contributed by atoms with Gasteiger partial charge in [-0.1, -0.05) is 90.2 Å². The number of aryl methyl sites for hydroxylation is 1. The summed E-state index contributed by atoms with van der Waals surface area (Å²) < 4.78 is 12.2. The number of para-hydroxylation sites is 1. The Morgan fingerprint density at radius 1 is 1.07 bits per heavy atom. The van der Waals surface area contributed by atoms with Gasteiger partial charge in [-0.25, -0.2) is 0 Å². The minimum atomic E-state index is -0.943.